The Hall–Kier alpha value is -0.910. The van der Waals surface area contributed by atoms with E-state index in [4.69, 9.17) is 18.0 Å². The van der Waals surface area contributed by atoms with Gasteiger partial charge in [0.15, 0.2) is 0 Å². The average Bonchev–Trinajstić information content (AvgIpc) is 2.90. The zero-order chi connectivity index (χ0) is 14.0. The van der Waals surface area contributed by atoms with E-state index in [1.54, 1.807) is 11.3 Å². The van der Waals surface area contributed by atoms with Crippen LogP contribution in [-0.2, 0) is 0 Å². The molecular weight excluding hydrogens is 340 g/mol. The van der Waals surface area contributed by atoms with E-state index in [2.05, 4.69) is 52.3 Å². The van der Waals surface area contributed by atoms with Gasteiger partial charge >= 0.3 is 0 Å². The summed E-state index contributed by atoms with van der Waals surface area (Å²) in [6.07, 6.45) is 0. The highest BCUT2D eigenvalue weighted by Gasteiger charge is 2.15. The van der Waals surface area contributed by atoms with Crippen molar-refractivity contribution < 1.29 is 0 Å². The fraction of sp³-hybridized carbons (Fsp3) is 0.214. The first-order valence-electron chi connectivity index (χ1n) is 5.86. The van der Waals surface area contributed by atoms with Crippen LogP contribution in [0.1, 0.15) is 23.4 Å². The third-order valence-corrected chi connectivity index (χ3v) is 5.06. The quantitative estimate of drug-likeness (QED) is 0.827. The highest BCUT2D eigenvalue weighted by atomic mass is 79.9. The van der Waals surface area contributed by atoms with E-state index in [9.17, 15) is 0 Å². The number of nitrogens with two attached hydrogens (primary N) is 1. The predicted octanol–water partition coefficient (Wildman–Crippen LogP) is 4.34. The molecule has 0 fully saturated rings. The van der Waals surface area contributed by atoms with E-state index in [1.807, 2.05) is 18.2 Å². The van der Waals surface area contributed by atoms with Crippen LogP contribution in [0.2, 0.25) is 0 Å². The van der Waals surface area contributed by atoms with Gasteiger partial charge < -0.3 is 10.6 Å². The minimum absolute atomic E-state index is 0.326. The third kappa shape index (κ3) is 3.16. The van der Waals surface area contributed by atoms with Crippen LogP contribution < -0.4 is 10.6 Å². The summed E-state index contributed by atoms with van der Waals surface area (Å²) in [5, 5.41) is 2.10. The lowest BCUT2D eigenvalue weighted by atomic mass is 10.1. The molecule has 0 saturated carbocycles. The molecule has 2 nitrogen and oxygen atoms in total. The molecule has 0 aliphatic carbocycles. The van der Waals surface area contributed by atoms with E-state index in [1.165, 1.54) is 4.88 Å². The molecular formula is C14H15BrN2S2. The minimum Gasteiger partial charge on any atom is -0.389 e. The summed E-state index contributed by atoms with van der Waals surface area (Å²) in [4.78, 5) is 3.99. The number of hydrogen-bond acceptors (Lipinski definition) is 3. The number of benzene rings is 1. The molecule has 1 aromatic heterocycles. The Morgan fingerprint density at radius 3 is 2.68 bits per heavy atom. The molecule has 0 amide bonds. The predicted molar refractivity (Wildman–Crippen MR) is 91.2 cm³/mol. The summed E-state index contributed by atoms with van der Waals surface area (Å²) in [5.41, 5.74) is 7.65. The normalized spacial score (nSPS) is 12.2. The molecule has 2 rings (SSSR count). The van der Waals surface area contributed by atoms with Crippen molar-refractivity contribution in [2.45, 2.75) is 13.0 Å². The van der Waals surface area contributed by atoms with Crippen LogP contribution in [0.3, 0.4) is 0 Å². The number of rotatable bonds is 4. The zero-order valence-corrected chi connectivity index (χ0v) is 14.0. The SMILES string of the molecule is CC(c1cccs1)N(C)c1ccc(C(N)=S)cc1Br. The summed E-state index contributed by atoms with van der Waals surface area (Å²) < 4.78 is 1.00. The van der Waals surface area contributed by atoms with Crippen molar-refractivity contribution in [3.63, 3.8) is 0 Å². The van der Waals surface area contributed by atoms with Gasteiger partial charge in [0, 0.05) is 22.0 Å². The highest BCUT2D eigenvalue weighted by molar-refractivity contribution is 9.10. The molecule has 1 atom stereocenters. The number of anilines is 1. The van der Waals surface area contributed by atoms with Gasteiger partial charge in [-0.3, -0.25) is 0 Å². The second-order valence-electron chi connectivity index (χ2n) is 4.33. The Morgan fingerprint density at radius 1 is 1.42 bits per heavy atom. The maximum atomic E-state index is 5.64. The lowest BCUT2D eigenvalue weighted by Gasteiger charge is -2.27. The van der Waals surface area contributed by atoms with Gasteiger partial charge in [-0.2, -0.15) is 0 Å². The summed E-state index contributed by atoms with van der Waals surface area (Å²) in [5.74, 6) is 0. The van der Waals surface area contributed by atoms with Gasteiger partial charge in [-0.05, 0) is 52.5 Å². The molecule has 1 unspecified atom stereocenters. The van der Waals surface area contributed by atoms with E-state index >= 15 is 0 Å². The Morgan fingerprint density at radius 2 is 2.16 bits per heavy atom. The van der Waals surface area contributed by atoms with Gasteiger partial charge in [0.05, 0.1) is 11.7 Å². The number of hydrogen-bond donors (Lipinski definition) is 1. The van der Waals surface area contributed by atoms with Crippen LogP contribution in [0.4, 0.5) is 5.69 Å². The van der Waals surface area contributed by atoms with Crippen LogP contribution in [0.25, 0.3) is 0 Å². The molecule has 2 aromatic rings. The lowest BCUT2D eigenvalue weighted by Crippen LogP contribution is -2.21. The summed E-state index contributed by atoms with van der Waals surface area (Å²) >= 11 is 10.4. The van der Waals surface area contributed by atoms with E-state index in [0.29, 0.717) is 11.0 Å². The molecule has 19 heavy (non-hydrogen) atoms. The highest BCUT2D eigenvalue weighted by Crippen LogP contribution is 2.33. The number of thiocarbonyl (C=S) groups is 1. The lowest BCUT2D eigenvalue weighted by molar-refractivity contribution is 0.752. The molecule has 5 heteroatoms. The summed E-state index contributed by atoms with van der Waals surface area (Å²) in [6.45, 7) is 2.19. The number of halogens is 1. The molecule has 0 saturated heterocycles. The monoisotopic (exact) mass is 354 g/mol. The van der Waals surface area contributed by atoms with Crippen molar-refractivity contribution in [3.05, 3.63) is 50.6 Å². The van der Waals surface area contributed by atoms with Gasteiger partial charge in [0.2, 0.25) is 0 Å². The van der Waals surface area contributed by atoms with Gasteiger partial charge in [0.25, 0.3) is 0 Å². The molecule has 0 radical (unpaired) electrons. The average molecular weight is 355 g/mol. The molecule has 1 heterocycles. The van der Waals surface area contributed by atoms with Crippen molar-refractivity contribution in [1.82, 2.24) is 0 Å². The van der Waals surface area contributed by atoms with Crippen molar-refractivity contribution in [2.75, 3.05) is 11.9 Å². The summed E-state index contributed by atoms with van der Waals surface area (Å²) in [6, 6.07) is 10.5. The Balaban J connectivity index is 2.29. The van der Waals surface area contributed by atoms with Gasteiger partial charge in [-0.15, -0.1) is 11.3 Å². The van der Waals surface area contributed by atoms with Gasteiger partial charge in [-0.25, -0.2) is 0 Å². The van der Waals surface area contributed by atoms with Crippen LogP contribution in [0, 0.1) is 0 Å². The van der Waals surface area contributed by atoms with Crippen LogP contribution in [0.15, 0.2) is 40.2 Å². The Labute approximate surface area is 131 Å². The van der Waals surface area contributed by atoms with E-state index in [0.717, 1.165) is 15.7 Å². The van der Waals surface area contributed by atoms with Crippen molar-refractivity contribution in [1.29, 1.82) is 0 Å². The molecule has 0 aliphatic heterocycles. The number of nitrogens with zero attached hydrogens (tertiary/aromatic N) is 1. The van der Waals surface area contributed by atoms with Gasteiger partial charge in [0.1, 0.15) is 4.99 Å². The topological polar surface area (TPSA) is 29.3 Å². The molecule has 100 valence electrons. The molecule has 0 bridgehead atoms. The molecule has 2 N–H and O–H groups in total. The van der Waals surface area contributed by atoms with Crippen molar-refractivity contribution in [3.8, 4) is 0 Å². The van der Waals surface area contributed by atoms with Crippen molar-refractivity contribution >= 4 is 50.2 Å². The Bertz CT molecular complexity index is 581. The smallest absolute Gasteiger partial charge is 0.104 e. The largest absolute Gasteiger partial charge is 0.389 e. The first kappa shape index (κ1) is 14.5. The number of thiophene rings is 1. The fourth-order valence-corrected chi connectivity index (χ4v) is 3.49. The fourth-order valence-electron chi connectivity index (χ4n) is 1.87. The molecule has 1 aromatic carbocycles. The van der Waals surface area contributed by atoms with Crippen LogP contribution in [-0.4, -0.2) is 12.0 Å². The summed E-state index contributed by atoms with van der Waals surface area (Å²) in [7, 11) is 2.09. The second kappa shape index (κ2) is 6.03. The molecule has 0 spiro atoms. The third-order valence-electron chi connectivity index (χ3n) is 3.15. The standard InChI is InChI=1S/C14H15BrN2S2/c1-9(13-4-3-7-19-13)17(2)12-6-5-10(14(16)18)8-11(12)15/h3-9H,1-2H3,(H2,16,18). The maximum absolute atomic E-state index is 5.64. The van der Waals surface area contributed by atoms with E-state index < -0.39 is 0 Å². The van der Waals surface area contributed by atoms with Crippen LogP contribution in [0.5, 0.6) is 0 Å². The second-order valence-corrected chi connectivity index (χ2v) is 6.61. The zero-order valence-electron chi connectivity index (χ0n) is 10.8. The maximum Gasteiger partial charge on any atom is 0.104 e. The van der Waals surface area contributed by atoms with E-state index in [-0.39, 0.29) is 0 Å². The minimum atomic E-state index is 0.326. The van der Waals surface area contributed by atoms with Crippen LogP contribution >= 0.6 is 39.5 Å². The molecule has 0 aliphatic rings. The first-order chi connectivity index (χ1) is 9.00. The van der Waals surface area contributed by atoms with Gasteiger partial charge in [-0.1, -0.05) is 18.3 Å². The first-order valence-corrected chi connectivity index (χ1v) is 7.94. The van der Waals surface area contributed by atoms with Crippen molar-refractivity contribution in [2.24, 2.45) is 5.73 Å². The Kier molecular flexibility index (Phi) is 4.60.